The number of thiazole rings is 1. The van der Waals surface area contributed by atoms with Gasteiger partial charge in [0.2, 0.25) is 0 Å². The minimum absolute atomic E-state index is 0.339. The zero-order valence-corrected chi connectivity index (χ0v) is 14.1. The molecule has 1 amide bonds. The molecule has 3 aromatic rings. The SMILES string of the molecule is COc1ccccc1C(=O)Nc1nc2ccc(SC(F)F)cc2s1. The molecule has 1 heterocycles. The molecule has 0 atom stereocenters. The van der Waals surface area contributed by atoms with Crippen LogP contribution in [0.15, 0.2) is 47.4 Å². The second-order valence-electron chi connectivity index (χ2n) is 4.68. The summed E-state index contributed by atoms with van der Waals surface area (Å²) in [7, 11) is 1.49. The molecule has 0 spiro atoms. The zero-order chi connectivity index (χ0) is 17.1. The molecule has 2 aromatic carbocycles. The second-order valence-corrected chi connectivity index (χ2v) is 6.78. The summed E-state index contributed by atoms with van der Waals surface area (Å²) >= 11 is 1.71. The fourth-order valence-corrected chi connectivity index (χ4v) is 3.64. The number of methoxy groups -OCH3 is 1. The Morgan fingerprint density at radius 1 is 1.29 bits per heavy atom. The Morgan fingerprint density at radius 2 is 2.08 bits per heavy atom. The summed E-state index contributed by atoms with van der Waals surface area (Å²) in [5.41, 5.74) is 1.04. The predicted molar refractivity (Wildman–Crippen MR) is 92.4 cm³/mol. The number of para-hydroxylation sites is 1. The third kappa shape index (κ3) is 3.65. The maximum atomic E-state index is 12.4. The van der Waals surface area contributed by atoms with Gasteiger partial charge in [-0.1, -0.05) is 35.2 Å². The van der Waals surface area contributed by atoms with Crippen LogP contribution in [-0.4, -0.2) is 23.8 Å². The number of amides is 1. The molecule has 0 aliphatic carbocycles. The van der Waals surface area contributed by atoms with Gasteiger partial charge in [-0.2, -0.15) is 8.78 Å². The van der Waals surface area contributed by atoms with Gasteiger partial charge in [-0.3, -0.25) is 10.1 Å². The minimum Gasteiger partial charge on any atom is -0.496 e. The van der Waals surface area contributed by atoms with Gasteiger partial charge in [0.25, 0.3) is 11.7 Å². The summed E-state index contributed by atoms with van der Waals surface area (Å²) in [6.07, 6.45) is 0. The highest BCUT2D eigenvalue weighted by molar-refractivity contribution is 7.99. The number of benzene rings is 2. The number of halogens is 2. The standard InChI is InChI=1S/C16H12F2N2O2S2/c1-22-12-5-3-2-4-10(12)14(21)20-16-19-11-7-6-9(23-15(17)18)8-13(11)24-16/h2-8,15H,1H3,(H,19,20,21). The average molecular weight is 366 g/mol. The third-order valence-electron chi connectivity index (χ3n) is 3.16. The molecule has 4 nitrogen and oxygen atoms in total. The summed E-state index contributed by atoms with van der Waals surface area (Å²) in [5.74, 6) is -2.35. The predicted octanol–water partition coefficient (Wildman–Crippen LogP) is 4.87. The monoisotopic (exact) mass is 366 g/mol. The van der Waals surface area contributed by atoms with Crippen LogP contribution in [0.3, 0.4) is 0 Å². The van der Waals surface area contributed by atoms with Crippen LogP contribution in [0, 0.1) is 0 Å². The largest absolute Gasteiger partial charge is 0.496 e. The van der Waals surface area contributed by atoms with Crippen molar-refractivity contribution in [1.29, 1.82) is 0 Å². The molecular weight excluding hydrogens is 354 g/mol. The molecule has 0 bridgehead atoms. The van der Waals surface area contributed by atoms with Crippen molar-refractivity contribution in [2.24, 2.45) is 0 Å². The van der Waals surface area contributed by atoms with Gasteiger partial charge in [0.1, 0.15) is 5.75 Å². The van der Waals surface area contributed by atoms with E-state index in [0.717, 1.165) is 4.70 Å². The van der Waals surface area contributed by atoms with E-state index in [4.69, 9.17) is 4.74 Å². The van der Waals surface area contributed by atoms with Crippen LogP contribution in [0.25, 0.3) is 10.2 Å². The number of hydrogen-bond donors (Lipinski definition) is 1. The van der Waals surface area contributed by atoms with Crippen molar-refractivity contribution in [1.82, 2.24) is 4.98 Å². The van der Waals surface area contributed by atoms with Gasteiger partial charge in [0, 0.05) is 4.90 Å². The van der Waals surface area contributed by atoms with Crippen molar-refractivity contribution >= 4 is 44.4 Å². The lowest BCUT2D eigenvalue weighted by Gasteiger charge is -2.06. The lowest BCUT2D eigenvalue weighted by atomic mass is 10.2. The van der Waals surface area contributed by atoms with Crippen LogP contribution < -0.4 is 10.1 Å². The number of anilines is 1. The molecule has 0 radical (unpaired) electrons. The van der Waals surface area contributed by atoms with Crippen LogP contribution in [0.1, 0.15) is 10.4 Å². The first-order chi connectivity index (χ1) is 11.6. The molecule has 8 heteroatoms. The van der Waals surface area contributed by atoms with Gasteiger partial charge in [0.15, 0.2) is 5.13 Å². The highest BCUT2D eigenvalue weighted by Gasteiger charge is 2.14. The lowest BCUT2D eigenvalue weighted by Crippen LogP contribution is -2.12. The van der Waals surface area contributed by atoms with Crippen LogP contribution in [-0.2, 0) is 0 Å². The van der Waals surface area contributed by atoms with E-state index in [1.807, 2.05) is 0 Å². The molecule has 0 unspecified atom stereocenters. The first-order valence-corrected chi connectivity index (χ1v) is 8.56. The molecule has 0 aliphatic heterocycles. The molecular formula is C16H12F2N2O2S2. The van der Waals surface area contributed by atoms with Crippen molar-refractivity contribution in [2.75, 3.05) is 12.4 Å². The Kier molecular flexibility index (Phi) is 4.96. The zero-order valence-electron chi connectivity index (χ0n) is 12.5. The van der Waals surface area contributed by atoms with Gasteiger partial charge >= 0.3 is 0 Å². The Labute approximate surface area is 144 Å². The Morgan fingerprint density at radius 3 is 2.83 bits per heavy atom. The molecule has 1 aromatic heterocycles. The van der Waals surface area contributed by atoms with Crippen molar-refractivity contribution in [3.05, 3.63) is 48.0 Å². The number of thioether (sulfide) groups is 1. The van der Waals surface area contributed by atoms with Crippen LogP contribution in [0.5, 0.6) is 5.75 Å². The minimum atomic E-state index is -2.47. The van der Waals surface area contributed by atoms with E-state index in [2.05, 4.69) is 10.3 Å². The van der Waals surface area contributed by atoms with E-state index < -0.39 is 5.76 Å². The van der Waals surface area contributed by atoms with Crippen LogP contribution in [0.4, 0.5) is 13.9 Å². The summed E-state index contributed by atoms with van der Waals surface area (Å²) in [4.78, 5) is 17.1. The molecule has 24 heavy (non-hydrogen) atoms. The number of alkyl halides is 2. The molecule has 0 fully saturated rings. The van der Waals surface area contributed by atoms with Crippen molar-refractivity contribution < 1.29 is 18.3 Å². The van der Waals surface area contributed by atoms with Crippen molar-refractivity contribution in [3.63, 3.8) is 0 Å². The van der Waals surface area contributed by atoms with E-state index in [9.17, 15) is 13.6 Å². The normalized spacial score (nSPS) is 11.0. The number of hydrogen-bond acceptors (Lipinski definition) is 5. The number of rotatable bonds is 5. The van der Waals surface area contributed by atoms with Gasteiger partial charge in [-0.15, -0.1) is 0 Å². The highest BCUT2D eigenvalue weighted by Crippen LogP contribution is 2.32. The topological polar surface area (TPSA) is 51.2 Å². The number of ether oxygens (including phenoxy) is 1. The quantitative estimate of drug-likeness (QED) is 0.655. The van der Waals surface area contributed by atoms with Gasteiger partial charge in [-0.25, -0.2) is 4.98 Å². The Hall–Kier alpha value is -2.19. The fourth-order valence-electron chi connectivity index (χ4n) is 2.13. The number of nitrogens with zero attached hydrogens (tertiary/aromatic N) is 1. The maximum Gasteiger partial charge on any atom is 0.288 e. The number of nitrogens with one attached hydrogen (secondary N) is 1. The molecule has 0 saturated carbocycles. The van der Waals surface area contributed by atoms with Gasteiger partial charge in [0.05, 0.1) is 22.9 Å². The van der Waals surface area contributed by atoms with Gasteiger partial charge in [-0.05, 0) is 30.3 Å². The van der Waals surface area contributed by atoms with E-state index in [-0.39, 0.29) is 5.91 Å². The van der Waals surface area contributed by atoms with Crippen LogP contribution >= 0.6 is 23.1 Å². The number of aromatic nitrogens is 1. The Balaban J connectivity index is 1.83. The second kappa shape index (κ2) is 7.14. The molecule has 1 N–H and O–H groups in total. The third-order valence-corrected chi connectivity index (χ3v) is 4.80. The van der Waals surface area contributed by atoms with E-state index >= 15 is 0 Å². The van der Waals surface area contributed by atoms with Crippen molar-refractivity contribution in [2.45, 2.75) is 10.7 Å². The van der Waals surface area contributed by atoms with E-state index in [1.54, 1.807) is 42.5 Å². The number of carbonyl (C=O) groups is 1. The molecule has 3 rings (SSSR count). The smallest absolute Gasteiger partial charge is 0.288 e. The van der Waals surface area contributed by atoms with Gasteiger partial charge < -0.3 is 4.74 Å². The summed E-state index contributed by atoms with van der Waals surface area (Å²) in [6, 6.07) is 11.8. The summed E-state index contributed by atoms with van der Waals surface area (Å²) < 4.78 is 30.8. The highest BCUT2D eigenvalue weighted by atomic mass is 32.2. The van der Waals surface area contributed by atoms with E-state index in [1.165, 1.54) is 18.4 Å². The van der Waals surface area contributed by atoms with Crippen LogP contribution in [0.2, 0.25) is 0 Å². The molecule has 0 saturated heterocycles. The fraction of sp³-hybridized carbons (Fsp3) is 0.125. The number of carbonyl (C=O) groups excluding carboxylic acids is 1. The molecule has 124 valence electrons. The first kappa shape index (κ1) is 16.7. The number of fused-ring (bicyclic) bond motifs is 1. The van der Waals surface area contributed by atoms with E-state index in [0.29, 0.717) is 38.6 Å². The average Bonchev–Trinajstić information content (AvgIpc) is 2.95. The van der Waals surface area contributed by atoms with Crippen molar-refractivity contribution in [3.8, 4) is 5.75 Å². The Bertz CT molecular complexity index is 883. The lowest BCUT2D eigenvalue weighted by molar-refractivity contribution is 0.102. The first-order valence-electron chi connectivity index (χ1n) is 6.86. The molecule has 0 aliphatic rings. The summed E-state index contributed by atoms with van der Waals surface area (Å²) in [5, 5.41) is 3.12. The maximum absolute atomic E-state index is 12.4. The summed E-state index contributed by atoms with van der Waals surface area (Å²) in [6.45, 7) is 0.